The van der Waals surface area contributed by atoms with Crippen LogP contribution >= 0.6 is 0 Å². The molecule has 2 rings (SSSR count). The van der Waals surface area contributed by atoms with Crippen LogP contribution in [0, 0.1) is 6.92 Å². The van der Waals surface area contributed by atoms with E-state index in [0.29, 0.717) is 18.0 Å². The SMILES string of the molecule is Cc1ccc(OCOCc2ccccc2)c(N)c1. The highest BCUT2D eigenvalue weighted by Gasteiger charge is 2.00. The highest BCUT2D eigenvalue weighted by molar-refractivity contribution is 5.53. The van der Waals surface area contributed by atoms with Crippen molar-refractivity contribution >= 4 is 5.69 Å². The molecule has 0 radical (unpaired) electrons. The molecule has 3 heteroatoms. The van der Waals surface area contributed by atoms with E-state index in [2.05, 4.69) is 0 Å². The molecule has 0 fully saturated rings. The fourth-order valence-electron chi connectivity index (χ4n) is 1.64. The van der Waals surface area contributed by atoms with E-state index >= 15 is 0 Å². The number of nitrogen functional groups attached to an aromatic ring is 1. The molecule has 0 aliphatic rings. The van der Waals surface area contributed by atoms with Gasteiger partial charge in [0.1, 0.15) is 5.75 Å². The number of hydrogen-bond acceptors (Lipinski definition) is 3. The van der Waals surface area contributed by atoms with E-state index in [9.17, 15) is 0 Å². The Bertz CT molecular complexity index is 497. The minimum atomic E-state index is 0.197. The lowest BCUT2D eigenvalue weighted by atomic mass is 10.2. The molecule has 0 aliphatic carbocycles. The lowest BCUT2D eigenvalue weighted by Gasteiger charge is -2.09. The van der Waals surface area contributed by atoms with Gasteiger partial charge in [0.25, 0.3) is 0 Å². The molecule has 0 atom stereocenters. The normalized spacial score (nSPS) is 10.3. The monoisotopic (exact) mass is 243 g/mol. The van der Waals surface area contributed by atoms with Gasteiger partial charge < -0.3 is 15.2 Å². The molecule has 2 N–H and O–H groups in total. The molecule has 0 unspecified atom stereocenters. The van der Waals surface area contributed by atoms with Crippen LogP contribution in [-0.4, -0.2) is 6.79 Å². The van der Waals surface area contributed by atoms with Crippen LogP contribution in [0.2, 0.25) is 0 Å². The first-order chi connectivity index (χ1) is 8.75. The molecule has 0 bridgehead atoms. The van der Waals surface area contributed by atoms with Gasteiger partial charge in [0.15, 0.2) is 6.79 Å². The molecule has 2 aromatic rings. The third kappa shape index (κ3) is 3.50. The molecule has 0 aliphatic heterocycles. The second-order valence-corrected chi connectivity index (χ2v) is 4.14. The van der Waals surface area contributed by atoms with Crippen molar-refractivity contribution in [1.29, 1.82) is 0 Å². The van der Waals surface area contributed by atoms with Crippen LogP contribution in [0.1, 0.15) is 11.1 Å². The predicted octanol–water partition coefficient (Wildman–Crippen LogP) is 3.13. The van der Waals surface area contributed by atoms with Crippen LogP contribution in [0.15, 0.2) is 48.5 Å². The number of ether oxygens (including phenoxy) is 2. The molecule has 0 saturated heterocycles. The van der Waals surface area contributed by atoms with Crippen LogP contribution in [0.5, 0.6) is 5.75 Å². The first-order valence-corrected chi connectivity index (χ1v) is 5.86. The minimum Gasteiger partial charge on any atom is -0.465 e. The van der Waals surface area contributed by atoms with Crippen LogP contribution in [0.25, 0.3) is 0 Å². The summed E-state index contributed by atoms with van der Waals surface area (Å²) in [5.41, 5.74) is 8.71. The van der Waals surface area contributed by atoms with Crippen LogP contribution in [0.4, 0.5) is 5.69 Å². The Morgan fingerprint density at radius 3 is 2.56 bits per heavy atom. The summed E-state index contributed by atoms with van der Waals surface area (Å²) in [7, 11) is 0. The quantitative estimate of drug-likeness (QED) is 0.498. The minimum absolute atomic E-state index is 0.197. The number of hydrogen-bond donors (Lipinski definition) is 1. The number of benzene rings is 2. The Morgan fingerprint density at radius 1 is 1.06 bits per heavy atom. The molecule has 2 aromatic carbocycles. The van der Waals surface area contributed by atoms with Crippen LogP contribution in [-0.2, 0) is 11.3 Å². The summed E-state index contributed by atoms with van der Waals surface area (Å²) >= 11 is 0. The molecule has 0 saturated carbocycles. The van der Waals surface area contributed by atoms with Gasteiger partial charge in [-0.05, 0) is 30.2 Å². The van der Waals surface area contributed by atoms with Gasteiger partial charge in [0, 0.05) is 0 Å². The lowest BCUT2D eigenvalue weighted by Crippen LogP contribution is -2.04. The molecule has 0 amide bonds. The summed E-state index contributed by atoms with van der Waals surface area (Å²) < 4.78 is 10.9. The second kappa shape index (κ2) is 6.07. The van der Waals surface area contributed by atoms with E-state index in [1.54, 1.807) is 0 Å². The fraction of sp³-hybridized carbons (Fsp3) is 0.200. The van der Waals surface area contributed by atoms with Crippen molar-refractivity contribution in [3.8, 4) is 5.75 Å². The van der Waals surface area contributed by atoms with Crippen LogP contribution in [0.3, 0.4) is 0 Å². The summed E-state index contributed by atoms with van der Waals surface area (Å²) in [6.45, 7) is 2.72. The van der Waals surface area contributed by atoms with Gasteiger partial charge in [-0.15, -0.1) is 0 Å². The van der Waals surface area contributed by atoms with E-state index in [0.717, 1.165) is 11.1 Å². The highest BCUT2D eigenvalue weighted by atomic mass is 16.7. The Balaban J connectivity index is 1.79. The van der Waals surface area contributed by atoms with Gasteiger partial charge in [-0.1, -0.05) is 36.4 Å². The summed E-state index contributed by atoms with van der Waals surface area (Å²) in [6.07, 6.45) is 0. The Hall–Kier alpha value is -2.00. The van der Waals surface area contributed by atoms with Crippen molar-refractivity contribution in [2.45, 2.75) is 13.5 Å². The van der Waals surface area contributed by atoms with Crippen molar-refractivity contribution in [2.75, 3.05) is 12.5 Å². The van der Waals surface area contributed by atoms with Crippen molar-refractivity contribution in [2.24, 2.45) is 0 Å². The zero-order valence-corrected chi connectivity index (χ0v) is 10.4. The number of aryl methyl sites for hydroxylation is 1. The topological polar surface area (TPSA) is 44.5 Å². The molecule has 3 nitrogen and oxygen atoms in total. The number of anilines is 1. The Labute approximate surface area is 107 Å². The third-order valence-electron chi connectivity index (χ3n) is 2.57. The van der Waals surface area contributed by atoms with E-state index in [-0.39, 0.29) is 6.79 Å². The summed E-state index contributed by atoms with van der Waals surface area (Å²) in [6, 6.07) is 15.7. The highest BCUT2D eigenvalue weighted by Crippen LogP contribution is 2.22. The third-order valence-corrected chi connectivity index (χ3v) is 2.57. The number of rotatable bonds is 5. The van der Waals surface area contributed by atoms with Gasteiger partial charge in [-0.25, -0.2) is 0 Å². The van der Waals surface area contributed by atoms with Gasteiger partial charge in [0.05, 0.1) is 12.3 Å². The average molecular weight is 243 g/mol. The molecule has 0 spiro atoms. The predicted molar refractivity (Wildman–Crippen MR) is 72.3 cm³/mol. The summed E-state index contributed by atoms with van der Waals surface area (Å²) in [5.74, 6) is 0.661. The van der Waals surface area contributed by atoms with Crippen molar-refractivity contribution in [3.05, 3.63) is 59.7 Å². The summed E-state index contributed by atoms with van der Waals surface area (Å²) in [5, 5.41) is 0. The summed E-state index contributed by atoms with van der Waals surface area (Å²) in [4.78, 5) is 0. The smallest absolute Gasteiger partial charge is 0.189 e. The van der Waals surface area contributed by atoms with Gasteiger partial charge >= 0.3 is 0 Å². The van der Waals surface area contributed by atoms with E-state index in [1.807, 2.05) is 55.5 Å². The molecular formula is C15H17NO2. The van der Waals surface area contributed by atoms with Gasteiger partial charge in [-0.2, -0.15) is 0 Å². The van der Waals surface area contributed by atoms with Crippen LogP contribution < -0.4 is 10.5 Å². The lowest BCUT2D eigenvalue weighted by molar-refractivity contribution is 0.00546. The van der Waals surface area contributed by atoms with Crippen molar-refractivity contribution < 1.29 is 9.47 Å². The zero-order valence-electron chi connectivity index (χ0n) is 10.4. The van der Waals surface area contributed by atoms with Gasteiger partial charge in [0.2, 0.25) is 0 Å². The first kappa shape index (κ1) is 12.5. The second-order valence-electron chi connectivity index (χ2n) is 4.14. The molecule has 0 heterocycles. The van der Waals surface area contributed by atoms with E-state index in [1.165, 1.54) is 0 Å². The fourth-order valence-corrected chi connectivity index (χ4v) is 1.64. The average Bonchev–Trinajstić information content (AvgIpc) is 2.38. The molecular weight excluding hydrogens is 226 g/mol. The standard InChI is InChI=1S/C15H17NO2/c1-12-7-8-15(14(16)9-12)18-11-17-10-13-5-3-2-4-6-13/h2-9H,10-11,16H2,1H3. The van der Waals surface area contributed by atoms with E-state index < -0.39 is 0 Å². The maximum atomic E-state index is 5.83. The first-order valence-electron chi connectivity index (χ1n) is 5.86. The molecule has 0 aromatic heterocycles. The van der Waals surface area contributed by atoms with Crippen molar-refractivity contribution in [3.63, 3.8) is 0 Å². The Morgan fingerprint density at radius 2 is 1.83 bits per heavy atom. The van der Waals surface area contributed by atoms with Crippen molar-refractivity contribution in [1.82, 2.24) is 0 Å². The van der Waals surface area contributed by atoms with Gasteiger partial charge in [-0.3, -0.25) is 0 Å². The molecule has 94 valence electrons. The largest absolute Gasteiger partial charge is 0.465 e. The zero-order chi connectivity index (χ0) is 12.8. The molecule has 18 heavy (non-hydrogen) atoms. The maximum absolute atomic E-state index is 5.83. The number of nitrogens with two attached hydrogens (primary N) is 1. The maximum Gasteiger partial charge on any atom is 0.189 e. The Kier molecular flexibility index (Phi) is 4.20. The van der Waals surface area contributed by atoms with E-state index in [4.69, 9.17) is 15.2 Å².